The first kappa shape index (κ1) is 27.6. The highest BCUT2D eigenvalue weighted by Gasteiger charge is 2.63. The average Bonchev–Trinajstić information content (AvgIpc) is 2.77. The van der Waals surface area contributed by atoms with Crippen LogP contribution in [0.4, 0.5) is 11.4 Å². The van der Waals surface area contributed by atoms with Crippen LogP contribution in [0.1, 0.15) is 85.4 Å². The van der Waals surface area contributed by atoms with Gasteiger partial charge >= 0.3 is 11.9 Å². The predicted molar refractivity (Wildman–Crippen MR) is 146 cm³/mol. The minimum absolute atomic E-state index is 0.0441. The SMILES string of the molecule is CCC1C(Nc2ccc(C(C)(C)C)cc2)(C(=O)O)c2cc(C(C)(C)C)ccc2N(CC)C1(C)C(=O)O. The van der Waals surface area contributed by atoms with Crippen molar-refractivity contribution < 1.29 is 19.8 Å². The number of aliphatic carboxylic acids is 2. The lowest BCUT2D eigenvalue weighted by Crippen LogP contribution is -2.70. The molecule has 0 amide bonds. The van der Waals surface area contributed by atoms with Crippen LogP contribution in [0.5, 0.6) is 0 Å². The largest absolute Gasteiger partial charge is 0.479 e. The van der Waals surface area contributed by atoms with Crippen LogP contribution in [-0.4, -0.2) is 34.2 Å². The van der Waals surface area contributed by atoms with E-state index in [0.29, 0.717) is 29.9 Å². The Morgan fingerprint density at radius 1 is 0.889 bits per heavy atom. The molecule has 3 rings (SSSR count). The molecule has 2 aromatic rings. The number of rotatable bonds is 6. The molecule has 36 heavy (non-hydrogen) atoms. The second kappa shape index (κ2) is 9.13. The molecule has 0 aromatic heterocycles. The Hall–Kier alpha value is -3.02. The molecule has 6 nitrogen and oxygen atoms in total. The Balaban J connectivity index is 2.39. The smallest absolute Gasteiger partial charge is 0.334 e. The van der Waals surface area contributed by atoms with Crippen LogP contribution in [-0.2, 0) is 26.0 Å². The van der Waals surface area contributed by atoms with Gasteiger partial charge in [-0.1, -0.05) is 72.7 Å². The van der Waals surface area contributed by atoms with E-state index < -0.39 is 28.9 Å². The van der Waals surface area contributed by atoms with Gasteiger partial charge in [-0.2, -0.15) is 0 Å². The fourth-order valence-electron chi connectivity index (χ4n) is 5.82. The van der Waals surface area contributed by atoms with Crippen LogP contribution in [0.15, 0.2) is 42.5 Å². The number of nitrogens with zero attached hydrogens (tertiary/aromatic N) is 1. The summed E-state index contributed by atoms with van der Waals surface area (Å²) in [5, 5.41) is 24.9. The number of anilines is 2. The first-order chi connectivity index (χ1) is 16.5. The van der Waals surface area contributed by atoms with Crippen molar-refractivity contribution in [2.24, 2.45) is 5.92 Å². The molecule has 0 bridgehead atoms. The highest BCUT2D eigenvalue weighted by molar-refractivity contribution is 5.95. The third-order valence-electron chi connectivity index (χ3n) is 7.93. The quantitative estimate of drug-likeness (QED) is 0.432. The molecule has 196 valence electrons. The molecule has 0 aliphatic carbocycles. The van der Waals surface area contributed by atoms with Gasteiger partial charge in [-0.25, -0.2) is 9.59 Å². The van der Waals surface area contributed by atoms with Crippen molar-refractivity contribution in [3.05, 3.63) is 59.2 Å². The van der Waals surface area contributed by atoms with Gasteiger partial charge in [-0.3, -0.25) is 0 Å². The first-order valence-corrected chi connectivity index (χ1v) is 12.8. The molecule has 1 aliphatic rings. The van der Waals surface area contributed by atoms with E-state index in [2.05, 4.69) is 46.9 Å². The number of hydrogen-bond acceptors (Lipinski definition) is 4. The van der Waals surface area contributed by atoms with E-state index in [1.54, 1.807) is 6.92 Å². The van der Waals surface area contributed by atoms with Gasteiger partial charge in [0, 0.05) is 29.4 Å². The number of likely N-dealkylation sites (N-methyl/N-ethyl adjacent to an activating group) is 1. The summed E-state index contributed by atoms with van der Waals surface area (Å²) < 4.78 is 0. The molecule has 0 radical (unpaired) electrons. The molecule has 0 saturated carbocycles. The van der Waals surface area contributed by atoms with Gasteiger partial charge in [-0.15, -0.1) is 0 Å². The maximum Gasteiger partial charge on any atom is 0.334 e. The maximum absolute atomic E-state index is 13.4. The summed E-state index contributed by atoms with van der Waals surface area (Å²) in [6, 6.07) is 13.7. The van der Waals surface area contributed by atoms with Crippen LogP contribution in [0.2, 0.25) is 0 Å². The minimum Gasteiger partial charge on any atom is -0.479 e. The fourth-order valence-corrected chi connectivity index (χ4v) is 5.82. The van der Waals surface area contributed by atoms with Crippen LogP contribution in [0.25, 0.3) is 0 Å². The summed E-state index contributed by atoms with van der Waals surface area (Å²) in [6.07, 6.45) is 0.359. The molecule has 3 unspecified atom stereocenters. The summed E-state index contributed by atoms with van der Waals surface area (Å²) in [5.41, 5.74) is 0.698. The molecule has 6 heteroatoms. The van der Waals surface area contributed by atoms with Crippen molar-refractivity contribution >= 4 is 23.3 Å². The predicted octanol–water partition coefficient (Wildman–Crippen LogP) is 6.38. The Morgan fingerprint density at radius 3 is 1.83 bits per heavy atom. The molecule has 2 aromatic carbocycles. The standard InChI is InChI=1S/C30H42N2O4/c1-10-24-29(9,25(33)34)32(11-2)23-17-14-20(28(6,7)8)18-22(23)30(24,26(35)36)31-21-15-12-19(13-16-21)27(3,4)5/h12-18,24,31H,10-11H2,1-9H3,(H,33,34)(H,35,36). The lowest BCUT2D eigenvalue weighted by atomic mass is 9.62. The van der Waals surface area contributed by atoms with Crippen molar-refractivity contribution in [2.75, 3.05) is 16.8 Å². The Labute approximate surface area is 215 Å². The Bertz CT molecular complexity index is 1140. The molecule has 0 fully saturated rings. The molecule has 1 aliphatic heterocycles. The number of carboxylic acids is 2. The van der Waals surface area contributed by atoms with E-state index in [0.717, 1.165) is 11.1 Å². The zero-order valence-corrected chi connectivity index (χ0v) is 23.2. The molecule has 3 N–H and O–H groups in total. The van der Waals surface area contributed by atoms with E-state index >= 15 is 0 Å². The van der Waals surface area contributed by atoms with Gasteiger partial charge < -0.3 is 20.4 Å². The number of fused-ring (bicyclic) bond motifs is 1. The minimum atomic E-state index is -1.65. The normalized spacial score (nSPS) is 24.2. The number of nitrogens with one attached hydrogen (secondary N) is 1. The summed E-state index contributed by atoms with van der Waals surface area (Å²) in [5.74, 6) is -2.87. The number of benzene rings is 2. The van der Waals surface area contributed by atoms with Crippen LogP contribution in [0, 0.1) is 5.92 Å². The molecule has 0 saturated heterocycles. The second-order valence-corrected chi connectivity index (χ2v) is 12.2. The van der Waals surface area contributed by atoms with Gasteiger partial charge in [0.2, 0.25) is 0 Å². The van der Waals surface area contributed by atoms with E-state index in [-0.39, 0.29) is 10.8 Å². The van der Waals surface area contributed by atoms with Crippen molar-refractivity contribution in [1.29, 1.82) is 0 Å². The zero-order chi connectivity index (χ0) is 27.3. The van der Waals surface area contributed by atoms with E-state index in [1.165, 1.54) is 0 Å². The summed E-state index contributed by atoms with van der Waals surface area (Å²) in [6.45, 7) is 18.6. The van der Waals surface area contributed by atoms with Gasteiger partial charge in [0.1, 0.15) is 5.54 Å². The highest BCUT2D eigenvalue weighted by Crippen LogP contribution is 2.53. The number of carboxylic acid groups (broad SMARTS) is 2. The third kappa shape index (κ3) is 4.25. The van der Waals surface area contributed by atoms with Crippen molar-refractivity contribution in [3.63, 3.8) is 0 Å². The van der Waals surface area contributed by atoms with Gasteiger partial charge in [0.25, 0.3) is 0 Å². The van der Waals surface area contributed by atoms with E-state index in [1.807, 2.05) is 61.2 Å². The van der Waals surface area contributed by atoms with Gasteiger partial charge in [0.05, 0.1) is 0 Å². The fraction of sp³-hybridized carbons (Fsp3) is 0.533. The lowest BCUT2D eigenvalue weighted by molar-refractivity contribution is -0.153. The third-order valence-corrected chi connectivity index (χ3v) is 7.93. The topological polar surface area (TPSA) is 89.9 Å². The number of carbonyl (C=O) groups is 2. The van der Waals surface area contributed by atoms with E-state index in [9.17, 15) is 19.8 Å². The van der Waals surface area contributed by atoms with Crippen LogP contribution >= 0.6 is 0 Å². The summed E-state index contributed by atoms with van der Waals surface area (Å²) >= 11 is 0. The van der Waals surface area contributed by atoms with Crippen molar-refractivity contribution in [2.45, 2.75) is 90.6 Å². The van der Waals surface area contributed by atoms with Crippen LogP contribution < -0.4 is 10.2 Å². The van der Waals surface area contributed by atoms with Crippen LogP contribution in [0.3, 0.4) is 0 Å². The highest BCUT2D eigenvalue weighted by atomic mass is 16.4. The zero-order valence-electron chi connectivity index (χ0n) is 23.2. The van der Waals surface area contributed by atoms with E-state index in [4.69, 9.17) is 0 Å². The molecule has 3 atom stereocenters. The van der Waals surface area contributed by atoms with Crippen molar-refractivity contribution in [1.82, 2.24) is 0 Å². The lowest BCUT2D eigenvalue weighted by Gasteiger charge is -2.56. The molecule has 1 heterocycles. The Morgan fingerprint density at radius 2 is 1.42 bits per heavy atom. The van der Waals surface area contributed by atoms with Crippen molar-refractivity contribution in [3.8, 4) is 0 Å². The summed E-state index contributed by atoms with van der Waals surface area (Å²) in [7, 11) is 0. The second-order valence-electron chi connectivity index (χ2n) is 12.2. The average molecular weight is 495 g/mol. The monoisotopic (exact) mass is 494 g/mol. The number of hydrogen-bond donors (Lipinski definition) is 3. The Kier molecular flexibility index (Phi) is 6.99. The maximum atomic E-state index is 13.4. The molecular weight excluding hydrogens is 452 g/mol. The molecular formula is C30H42N2O4. The summed E-state index contributed by atoms with van der Waals surface area (Å²) in [4.78, 5) is 28.2. The van der Waals surface area contributed by atoms with Gasteiger partial charge in [-0.05, 0) is 60.4 Å². The molecule has 0 spiro atoms. The van der Waals surface area contributed by atoms with Gasteiger partial charge in [0.15, 0.2) is 5.54 Å². The first-order valence-electron chi connectivity index (χ1n) is 12.8.